The van der Waals surface area contributed by atoms with E-state index in [1.54, 1.807) is 0 Å². The van der Waals surface area contributed by atoms with Crippen molar-refractivity contribution in [2.24, 2.45) is 0 Å². The molecule has 20 valence electrons. The van der Waals surface area contributed by atoms with Crippen LogP contribution in [0.3, 0.4) is 0 Å². The maximum atomic E-state index is 8.41. The molecule has 4 heavy (non-hydrogen) atoms. The molecule has 0 aromatic heterocycles. The van der Waals surface area contributed by atoms with E-state index in [1.807, 2.05) is 0 Å². The summed E-state index contributed by atoms with van der Waals surface area (Å²) in [5, 5.41) is 0. The zero-order valence-electron chi connectivity index (χ0n) is 2.19. The summed E-state index contributed by atoms with van der Waals surface area (Å²) >= 11 is -1.44. The van der Waals surface area contributed by atoms with E-state index in [0.717, 1.165) is 0 Å². The van der Waals surface area contributed by atoms with Crippen LogP contribution in [-0.4, -0.2) is 0 Å². The van der Waals surface area contributed by atoms with Gasteiger partial charge in [0.2, 0.25) is 0 Å². The van der Waals surface area contributed by atoms with Gasteiger partial charge >= 0.3 is 58.2 Å². The molecule has 0 aliphatic rings. The van der Waals surface area contributed by atoms with E-state index in [1.165, 1.54) is 0 Å². The molecule has 0 spiro atoms. The molecule has 0 atom stereocenters. The summed E-state index contributed by atoms with van der Waals surface area (Å²) in [6.45, 7) is 0. The van der Waals surface area contributed by atoms with E-state index in [2.05, 4.69) is 0 Å². The van der Waals surface area contributed by atoms with Gasteiger partial charge in [0.15, 0.2) is 15.5 Å². The first-order chi connectivity index (χ1) is 1.41. The molecule has 0 heterocycles. The van der Waals surface area contributed by atoms with Crippen molar-refractivity contribution in [1.29, 1.82) is 0 Å². The molecule has 0 fully saturated rings. The second-order valence-electron chi connectivity index (χ2n) is 0.0630. The number of hydrogen-bond donors (Lipinski definition) is 0. The van der Waals surface area contributed by atoms with Crippen LogP contribution in [0.15, 0.2) is 0 Å². The van der Waals surface area contributed by atoms with Crippen LogP contribution in [0.2, 0.25) is 0 Å². The topological polar surface area (TPSA) is 46.1 Å². The first-order valence-electron chi connectivity index (χ1n) is 0.309. The molecule has 2 nitrogen and oxygen atoms in total. The predicted molar refractivity (Wildman–Crippen MR) is 0 cm³/mol. The third kappa shape index (κ3) is 8.88. The third-order valence-corrected chi connectivity index (χ3v) is 0. The van der Waals surface area contributed by atoms with Crippen LogP contribution in [-0.2, 0) is 0 Å². The molecule has 0 aliphatic heterocycles. The van der Waals surface area contributed by atoms with Crippen molar-refractivity contribution < 1.29 is 82.1 Å². The van der Waals surface area contributed by atoms with Crippen molar-refractivity contribution in [3.05, 3.63) is 0 Å². The Morgan fingerprint density at radius 3 is 1.25 bits per heavy atom. The van der Waals surface area contributed by atoms with Gasteiger partial charge in [-0.05, 0) is 0 Å². The fraction of sp³-hybridized carbons (Fsp3) is 0. The SMILES string of the molecule is [O-][Br+][O-].[Rb+]. The summed E-state index contributed by atoms with van der Waals surface area (Å²) in [5.74, 6) is 0. The molecule has 0 aliphatic carbocycles. The molecule has 0 unspecified atom stereocenters. The van der Waals surface area contributed by atoms with Crippen LogP contribution in [0.1, 0.15) is 0 Å². The van der Waals surface area contributed by atoms with Crippen molar-refractivity contribution in [3.63, 3.8) is 0 Å². The van der Waals surface area contributed by atoms with Gasteiger partial charge in [-0.25, -0.2) is 0 Å². The Kier molecular flexibility index (Phi) is 21.3. The summed E-state index contributed by atoms with van der Waals surface area (Å²) in [7, 11) is 0. The van der Waals surface area contributed by atoms with Gasteiger partial charge in [0.05, 0.1) is 0 Å². The van der Waals surface area contributed by atoms with Crippen LogP contribution >= 0.6 is 0 Å². The van der Waals surface area contributed by atoms with Crippen molar-refractivity contribution in [3.8, 4) is 0 Å². The van der Waals surface area contributed by atoms with E-state index in [9.17, 15) is 0 Å². The Hall–Kier alpha value is 2.21. The number of hydrogen-bond acceptors (Lipinski definition) is 2. The van der Waals surface area contributed by atoms with E-state index in [4.69, 9.17) is 8.40 Å². The first kappa shape index (κ1) is 9.51. The average molecular weight is 197 g/mol. The molecule has 0 saturated heterocycles. The van der Waals surface area contributed by atoms with Crippen LogP contribution < -0.4 is 66.6 Å². The minimum Gasteiger partial charge on any atom is -0.585 e. The maximum absolute atomic E-state index is 8.41. The minimum atomic E-state index is -1.44. The average Bonchev–Trinajstić information content (AvgIpc) is 0.918. The fourth-order valence-electron chi connectivity index (χ4n) is 0. The summed E-state index contributed by atoms with van der Waals surface area (Å²) in [5.41, 5.74) is 0. The Bertz CT molecular complexity index is 6.00. The van der Waals surface area contributed by atoms with Gasteiger partial charge in [-0.3, -0.25) is 0 Å². The molecule has 0 radical (unpaired) electrons. The van der Waals surface area contributed by atoms with Gasteiger partial charge in [-0.15, -0.1) is 0 Å². The molecular formula is BrO2Rb. The van der Waals surface area contributed by atoms with Gasteiger partial charge in [-0.1, -0.05) is 0 Å². The second-order valence-corrected chi connectivity index (χ2v) is 0.327. The largest absolute Gasteiger partial charge is 1.00 e. The van der Waals surface area contributed by atoms with Gasteiger partial charge in [-0.2, -0.15) is 0 Å². The third-order valence-electron chi connectivity index (χ3n) is 0. The molecular weight excluding hydrogens is 197 g/mol. The maximum Gasteiger partial charge on any atom is 1.00 e. The van der Waals surface area contributed by atoms with E-state index < -0.39 is 15.5 Å². The molecule has 0 rings (SSSR count). The zero-order valence-corrected chi connectivity index (χ0v) is 8.70. The van der Waals surface area contributed by atoms with Crippen LogP contribution in [0.5, 0.6) is 0 Å². The number of rotatable bonds is 0. The fourth-order valence-corrected chi connectivity index (χ4v) is 0. The van der Waals surface area contributed by atoms with Crippen molar-refractivity contribution in [2.75, 3.05) is 0 Å². The van der Waals surface area contributed by atoms with Crippen molar-refractivity contribution >= 4 is 0 Å². The van der Waals surface area contributed by atoms with Crippen LogP contribution in [0, 0.1) is 15.5 Å². The number of halogens is 1. The summed E-state index contributed by atoms with van der Waals surface area (Å²) < 4.78 is 16.8. The molecule has 0 amide bonds. The van der Waals surface area contributed by atoms with E-state index in [0.29, 0.717) is 0 Å². The molecule has 4 heteroatoms. The molecule has 0 bridgehead atoms. The summed E-state index contributed by atoms with van der Waals surface area (Å²) in [6.07, 6.45) is 0. The van der Waals surface area contributed by atoms with E-state index in [-0.39, 0.29) is 58.2 Å². The van der Waals surface area contributed by atoms with Crippen molar-refractivity contribution in [2.45, 2.75) is 0 Å². The smallest absolute Gasteiger partial charge is 0.585 e. The monoisotopic (exact) mass is 196 g/mol. The zero-order chi connectivity index (χ0) is 2.71. The van der Waals surface area contributed by atoms with Gasteiger partial charge in [0.25, 0.3) is 0 Å². The van der Waals surface area contributed by atoms with Gasteiger partial charge in [0.1, 0.15) is 0 Å². The van der Waals surface area contributed by atoms with Crippen molar-refractivity contribution in [1.82, 2.24) is 0 Å². The molecule has 0 aromatic rings. The van der Waals surface area contributed by atoms with Crippen LogP contribution in [0.25, 0.3) is 0 Å². The van der Waals surface area contributed by atoms with Gasteiger partial charge in [0, 0.05) is 0 Å². The Labute approximate surface area is 80.1 Å². The first-order valence-corrected chi connectivity index (χ1v) is 1.60. The van der Waals surface area contributed by atoms with Gasteiger partial charge < -0.3 is 8.40 Å². The van der Waals surface area contributed by atoms with E-state index >= 15 is 0 Å². The standard InChI is InChI=1S/BrO2.Rb/c2-1-3;/q-1;+1. The summed E-state index contributed by atoms with van der Waals surface area (Å²) in [6, 6.07) is 0. The predicted octanol–water partition coefficient (Wildman–Crippen LogP) is -5.37. The molecule has 0 N–H and O–H groups in total. The second kappa shape index (κ2) is 8.96. The molecule has 0 saturated carbocycles. The Balaban J connectivity index is 0. The Morgan fingerprint density at radius 1 is 1.25 bits per heavy atom. The Morgan fingerprint density at radius 2 is 1.25 bits per heavy atom. The quantitative estimate of drug-likeness (QED) is 0.389. The van der Waals surface area contributed by atoms with Crippen LogP contribution in [0.4, 0.5) is 0 Å². The minimum absolute atomic E-state index is 0. The molecule has 0 aromatic carbocycles. The normalized spacial score (nSPS) is 4.50. The summed E-state index contributed by atoms with van der Waals surface area (Å²) in [4.78, 5) is 0.